The molecule has 0 aromatic heterocycles. The van der Waals surface area contributed by atoms with Crippen LogP contribution in [0.4, 0.5) is 5.69 Å². The molecule has 1 aromatic rings. The lowest BCUT2D eigenvalue weighted by molar-refractivity contribution is -0.116. The van der Waals surface area contributed by atoms with Crippen LogP contribution in [-0.2, 0) is 11.2 Å². The average molecular weight is 243 g/mol. The second-order valence-corrected chi connectivity index (χ2v) is 4.81. The van der Waals surface area contributed by atoms with E-state index in [0.717, 1.165) is 23.2 Å². The SMILES string of the molecule is CN(C)C(CC#N)c1ccc2c(c1)CCC(=O)N2. The summed E-state index contributed by atoms with van der Waals surface area (Å²) in [5, 5.41) is 11.8. The maximum atomic E-state index is 11.3. The topological polar surface area (TPSA) is 56.1 Å². The minimum absolute atomic E-state index is 0.0800. The molecule has 1 aromatic carbocycles. The fourth-order valence-corrected chi connectivity index (χ4v) is 2.30. The lowest BCUT2D eigenvalue weighted by Crippen LogP contribution is -2.22. The third-order valence-electron chi connectivity index (χ3n) is 3.32. The molecule has 0 aliphatic carbocycles. The average Bonchev–Trinajstić information content (AvgIpc) is 2.35. The Morgan fingerprint density at radius 3 is 2.89 bits per heavy atom. The van der Waals surface area contributed by atoms with E-state index in [1.54, 1.807) is 0 Å². The van der Waals surface area contributed by atoms with Crippen LogP contribution in [0.5, 0.6) is 0 Å². The van der Waals surface area contributed by atoms with E-state index in [1.165, 1.54) is 0 Å². The summed E-state index contributed by atoms with van der Waals surface area (Å²) in [6.45, 7) is 0. The van der Waals surface area contributed by atoms with E-state index in [1.807, 2.05) is 31.1 Å². The number of anilines is 1. The Morgan fingerprint density at radius 2 is 2.22 bits per heavy atom. The Bertz CT molecular complexity index is 502. The predicted octanol–water partition coefficient (Wildman–Crippen LogP) is 2.09. The number of rotatable bonds is 3. The number of hydrogen-bond donors (Lipinski definition) is 1. The Morgan fingerprint density at radius 1 is 1.44 bits per heavy atom. The fourth-order valence-electron chi connectivity index (χ4n) is 2.30. The highest BCUT2D eigenvalue weighted by Gasteiger charge is 2.18. The summed E-state index contributed by atoms with van der Waals surface area (Å²) >= 11 is 0. The summed E-state index contributed by atoms with van der Waals surface area (Å²) in [4.78, 5) is 13.3. The van der Waals surface area contributed by atoms with Gasteiger partial charge in [-0.1, -0.05) is 12.1 Å². The van der Waals surface area contributed by atoms with Crippen LogP contribution in [0.2, 0.25) is 0 Å². The maximum absolute atomic E-state index is 11.3. The van der Waals surface area contributed by atoms with Gasteiger partial charge in [-0.25, -0.2) is 0 Å². The molecule has 18 heavy (non-hydrogen) atoms. The molecule has 0 fully saturated rings. The molecular formula is C14H17N3O. The molecule has 1 amide bonds. The molecule has 4 heteroatoms. The van der Waals surface area contributed by atoms with Crippen LogP contribution in [0.1, 0.15) is 30.0 Å². The first-order valence-electron chi connectivity index (χ1n) is 6.08. The van der Waals surface area contributed by atoms with E-state index in [2.05, 4.69) is 17.5 Å². The van der Waals surface area contributed by atoms with Gasteiger partial charge in [-0.05, 0) is 37.7 Å². The number of aryl methyl sites for hydroxylation is 1. The van der Waals surface area contributed by atoms with Gasteiger partial charge in [-0.2, -0.15) is 5.26 Å². The van der Waals surface area contributed by atoms with E-state index in [0.29, 0.717) is 12.8 Å². The van der Waals surface area contributed by atoms with E-state index in [-0.39, 0.29) is 11.9 Å². The standard InChI is InChI=1S/C14H17N3O/c1-17(2)13(7-8-15)11-3-5-12-10(9-11)4-6-14(18)16-12/h3,5,9,13H,4,6-7H2,1-2H3,(H,16,18). The summed E-state index contributed by atoms with van der Waals surface area (Å²) < 4.78 is 0. The number of hydrogen-bond acceptors (Lipinski definition) is 3. The second-order valence-electron chi connectivity index (χ2n) is 4.81. The molecule has 1 unspecified atom stereocenters. The van der Waals surface area contributed by atoms with Crippen molar-refractivity contribution in [1.82, 2.24) is 4.90 Å². The molecule has 4 nitrogen and oxygen atoms in total. The molecule has 0 saturated heterocycles. The van der Waals surface area contributed by atoms with Crippen molar-refractivity contribution in [2.75, 3.05) is 19.4 Å². The molecule has 1 N–H and O–H groups in total. The molecule has 0 radical (unpaired) electrons. The van der Waals surface area contributed by atoms with Gasteiger partial charge in [-0.3, -0.25) is 4.79 Å². The minimum Gasteiger partial charge on any atom is -0.326 e. The van der Waals surface area contributed by atoms with Crippen molar-refractivity contribution in [1.29, 1.82) is 5.26 Å². The fraction of sp³-hybridized carbons (Fsp3) is 0.429. The lowest BCUT2D eigenvalue weighted by atomic mass is 9.96. The van der Waals surface area contributed by atoms with Gasteiger partial charge < -0.3 is 10.2 Å². The zero-order chi connectivity index (χ0) is 13.1. The third kappa shape index (κ3) is 2.52. The van der Waals surface area contributed by atoms with Gasteiger partial charge in [0.25, 0.3) is 0 Å². The molecule has 2 rings (SSSR count). The van der Waals surface area contributed by atoms with Gasteiger partial charge in [-0.15, -0.1) is 0 Å². The maximum Gasteiger partial charge on any atom is 0.224 e. The molecule has 1 aliphatic rings. The Kier molecular flexibility index (Phi) is 3.63. The number of nitrogens with one attached hydrogen (secondary N) is 1. The van der Waals surface area contributed by atoms with Crippen molar-refractivity contribution in [3.05, 3.63) is 29.3 Å². The Balaban J connectivity index is 2.30. The predicted molar refractivity (Wildman–Crippen MR) is 70.1 cm³/mol. The third-order valence-corrected chi connectivity index (χ3v) is 3.32. The zero-order valence-corrected chi connectivity index (χ0v) is 10.7. The number of fused-ring (bicyclic) bond motifs is 1. The van der Waals surface area contributed by atoms with Crippen LogP contribution < -0.4 is 5.32 Å². The normalized spacial score (nSPS) is 15.8. The minimum atomic E-state index is 0.0800. The largest absolute Gasteiger partial charge is 0.326 e. The highest BCUT2D eigenvalue weighted by Crippen LogP contribution is 2.29. The number of nitriles is 1. The quantitative estimate of drug-likeness (QED) is 0.884. The van der Waals surface area contributed by atoms with Crippen LogP contribution >= 0.6 is 0 Å². The molecule has 1 atom stereocenters. The summed E-state index contributed by atoms with van der Waals surface area (Å²) in [6, 6.07) is 8.37. The molecule has 1 heterocycles. The van der Waals surface area contributed by atoms with Crippen molar-refractivity contribution in [3.8, 4) is 6.07 Å². The van der Waals surface area contributed by atoms with Crippen molar-refractivity contribution in [3.63, 3.8) is 0 Å². The first-order chi connectivity index (χ1) is 8.61. The van der Waals surface area contributed by atoms with E-state index in [4.69, 9.17) is 5.26 Å². The smallest absolute Gasteiger partial charge is 0.224 e. The first-order valence-corrected chi connectivity index (χ1v) is 6.08. The molecule has 1 aliphatic heterocycles. The van der Waals surface area contributed by atoms with Crippen LogP contribution in [0.15, 0.2) is 18.2 Å². The first kappa shape index (κ1) is 12.6. The summed E-state index contributed by atoms with van der Waals surface area (Å²) in [5.74, 6) is 0.0800. The van der Waals surface area contributed by atoms with E-state index in [9.17, 15) is 4.79 Å². The van der Waals surface area contributed by atoms with Crippen molar-refractivity contribution >= 4 is 11.6 Å². The zero-order valence-electron chi connectivity index (χ0n) is 10.7. The van der Waals surface area contributed by atoms with Crippen LogP contribution in [0.3, 0.4) is 0 Å². The molecular weight excluding hydrogens is 226 g/mol. The van der Waals surface area contributed by atoms with Crippen LogP contribution in [0.25, 0.3) is 0 Å². The highest BCUT2D eigenvalue weighted by atomic mass is 16.1. The van der Waals surface area contributed by atoms with Crippen molar-refractivity contribution < 1.29 is 4.79 Å². The number of carbonyl (C=O) groups excluding carboxylic acids is 1. The highest BCUT2D eigenvalue weighted by molar-refractivity contribution is 5.93. The van der Waals surface area contributed by atoms with Gasteiger partial charge in [0.2, 0.25) is 5.91 Å². The summed E-state index contributed by atoms with van der Waals surface area (Å²) in [5.41, 5.74) is 3.21. The van der Waals surface area contributed by atoms with Crippen LogP contribution in [0, 0.1) is 11.3 Å². The number of nitrogens with zero attached hydrogens (tertiary/aromatic N) is 2. The van der Waals surface area contributed by atoms with Gasteiger partial charge in [0, 0.05) is 18.2 Å². The van der Waals surface area contributed by atoms with Gasteiger partial charge in [0.15, 0.2) is 0 Å². The number of amides is 1. The van der Waals surface area contributed by atoms with E-state index < -0.39 is 0 Å². The Hall–Kier alpha value is -1.86. The molecule has 0 spiro atoms. The monoisotopic (exact) mass is 243 g/mol. The summed E-state index contributed by atoms with van der Waals surface area (Å²) in [6.07, 6.45) is 1.79. The van der Waals surface area contributed by atoms with E-state index >= 15 is 0 Å². The lowest BCUT2D eigenvalue weighted by Gasteiger charge is -2.24. The van der Waals surface area contributed by atoms with Gasteiger partial charge in [0.1, 0.15) is 0 Å². The Labute approximate surface area is 107 Å². The molecule has 94 valence electrons. The van der Waals surface area contributed by atoms with Crippen LogP contribution in [-0.4, -0.2) is 24.9 Å². The van der Waals surface area contributed by atoms with Gasteiger partial charge >= 0.3 is 0 Å². The molecule has 0 saturated carbocycles. The van der Waals surface area contributed by atoms with Gasteiger partial charge in [0.05, 0.1) is 12.5 Å². The molecule has 0 bridgehead atoms. The van der Waals surface area contributed by atoms with Crippen molar-refractivity contribution in [2.45, 2.75) is 25.3 Å². The number of carbonyl (C=O) groups is 1. The summed E-state index contributed by atoms with van der Waals surface area (Å²) in [7, 11) is 3.95. The van der Waals surface area contributed by atoms with Crippen molar-refractivity contribution in [2.24, 2.45) is 0 Å². The second kappa shape index (κ2) is 5.19. The number of benzene rings is 1.